The summed E-state index contributed by atoms with van der Waals surface area (Å²) in [6.45, 7) is 0. The number of rotatable bonds is 0. The fraction of sp³-hybridized carbons (Fsp3) is 0. The zero-order valence-corrected chi connectivity index (χ0v) is 7.79. The lowest BCUT2D eigenvalue weighted by Gasteiger charge is -1.90. The molecule has 2 rings (SSSR count). The lowest BCUT2D eigenvalue weighted by atomic mass is 10.2. The van der Waals surface area contributed by atoms with Crippen molar-refractivity contribution in [3.8, 4) is 5.75 Å². The van der Waals surface area contributed by atoms with Crippen LogP contribution in [0.25, 0.3) is 10.9 Å². The second-order valence-electron chi connectivity index (χ2n) is 2.36. The lowest BCUT2D eigenvalue weighted by Crippen LogP contribution is -1.69. The van der Waals surface area contributed by atoms with E-state index in [0.717, 1.165) is 14.5 Å². The van der Waals surface area contributed by atoms with Crippen molar-refractivity contribution in [2.75, 3.05) is 0 Å². The summed E-state index contributed by atoms with van der Waals surface area (Å²) in [4.78, 5) is 2.96. The van der Waals surface area contributed by atoms with Crippen molar-refractivity contribution in [3.05, 3.63) is 28.0 Å². The van der Waals surface area contributed by atoms with E-state index in [1.54, 1.807) is 6.20 Å². The average molecular weight is 259 g/mol. The van der Waals surface area contributed by atoms with Gasteiger partial charge in [-0.3, -0.25) is 0 Å². The smallest absolute Gasteiger partial charge is 0.140 e. The Hall–Kier alpha value is -0.710. The molecule has 0 aliphatic carbocycles. The summed E-state index contributed by atoms with van der Waals surface area (Å²) in [5, 5.41) is 10.2. The van der Waals surface area contributed by atoms with E-state index in [-0.39, 0.29) is 0 Å². The number of aromatic nitrogens is 1. The molecule has 2 aromatic rings. The fourth-order valence-corrected chi connectivity index (χ4v) is 1.57. The summed E-state index contributed by atoms with van der Waals surface area (Å²) in [6, 6.07) is 5.90. The summed E-state index contributed by atoms with van der Waals surface area (Å²) in [5.74, 6) is 0.318. The highest BCUT2D eigenvalue weighted by Gasteiger charge is 2.00. The van der Waals surface area contributed by atoms with Gasteiger partial charge in [0.2, 0.25) is 0 Å². The molecule has 0 bridgehead atoms. The minimum absolute atomic E-state index is 0.318. The van der Waals surface area contributed by atoms with Crippen molar-refractivity contribution in [2.45, 2.75) is 0 Å². The number of hydrogen-bond acceptors (Lipinski definition) is 1. The third kappa shape index (κ3) is 1.09. The van der Waals surface area contributed by atoms with Gasteiger partial charge in [0.05, 0.1) is 0 Å². The Morgan fingerprint density at radius 3 is 3.00 bits per heavy atom. The molecule has 0 fully saturated rings. The fourth-order valence-electron chi connectivity index (χ4n) is 1.08. The van der Waals surface area contributed by atoms with E-state index in [2.05, 4.69) is 27.6 Å². The summed E-state index contributed by atoms with van der Waals surface area (Å²) in [6.07, 6.45) is 1.60. The molecule has 0 atom stereocenters. The molecule has 11 heavy (non-hydrogen) atoms. The summed E-state index contributed by atoms with van der Waals surface area (Å²) >= 11 is 2.22. The molecule has 0 aliphatic heterocycles. The molecular weight excluding hydrogens is 253 g/mol. The number of hydrogen-bond donors (Lipinski definition) is 2. The monoisotopic (exact) mass is 259 g/mol. The third-order valence-electron chi connectivity index (χ3n) is 1.62. The topological polar surface area (TPSA) is 36.0 Å². The van der Waals surface area contributed by atoms with Crippen molar-refractivity contribution in [3.63, 3.8) is 0 Å². The van der Waals surface area contributed by atoms with Gasteiger partial charge in [-0.05, 0) is 40.8 Å². The molecule has 0 saturated carbocycles. The van der Waals surface area contributed by atoms with Crippen LogP contribution in [0.3, 0.4) is 0 Å². The van der Waals surface area contributed by atoms with Crippen molar-refractivity contribution in [2.24, 2.45) is 0 Å². The number of halogens is 1. The first-order valence-electron chi connectivity index (χ1n) is 3.23. The van der Waals surface area contributed by atoms with Crippen molar-refractivity contribution in [1.29, 1.82) is 0 Å². The molecule has 2 N–H and O–H groups in total. The largest absolute Gasteiger partial charge is 0.506 e. The van der Waals surface area contributed by atoms with E-state index in [9.17, 15) is 5.11 Å². The minimum Gasteiger partial charge on any atom is -0.506 e. The van der Waals surface area contributed by atoms with Crippen LogP contribution < -0.4 is 0 Å². The zero-order valence-electron chi connectivity index (χ0n) is 5.63. The number of aromatic amines is 1. The number of nitrogens with one attached hydrogen (secondary N) is 1. The maximum Gasteiger partial charge on any atom is 0.140 e. The first kappa shape index (κ1) is 6.97. The minimum atomic E-state index is 0.318. The van der Waals surface area contributed by atoms with Crippen molar-refractivity contribution >= 4 is 33.5 Å². The average Bonchev–Trinajstić information content (AvgIpc) is 2.33. The van der Waals surface area contributed by atoms with Gasteiger partial charge < -0.3 is 10.1 Å². The van der Waals surface area contributed by atoms with Crippen LogP contribution in [-0.4, -0.2) is 10.1 Å². The van der Waals surface area contributed by atoms with Crippen LogP contribution in [0.2, 0.25) is 0 Å². The molecule has 2 nitrogen and oxygen atoms in total. The number of aromatic hydroxyl groups is 1. The van der Waals surface area contributed by atoms with E-state index >= 15 is 0 Å². The van der Waals surface area contributed by atoms with Gasteiger partial charge in [0, 0.05) is 20.7 Å². The van der Waals surface area contributed by atoms with E-state index in [0.29, 0.717) is 5.75 Å². The quantitative estimate of drug-likeness (QED) is 0.700. The molecule has 56 valence electrons. The normalized spacial score (nSPS) is 10.6. The maximum absolute atomic E-state index is 9.30. The van der Waals surface area contributed by atoms with E-state index in [4.69, 9.17) is 0 Å². The summed E-state index contributed by atoms with van der Waals surface area (Å²) in [5.41, 5.74) is 0.975. The van der Waals surface area contributed by atoms with Gasteiger partial charge in [0.1, 0.15) is 5.75 Å². The molecule has 1 aromatic carbocycles. The highest BCUT2D eigenvalue weighted by molar-refractivity contribution is 14.1. The van der Waals surface area contributed by atoms with Gasteiger partial charge in [0.25, 0.3) is 0 Å². The second kappa shape index (κ2) is 2.41. The molecule has 0 aliphatic rings. The first-order valence-corrected chi connectivity index (χ1v) is 4.31. The molecule has 1 heterocycles. The SMILES string of the molecule is Oc1c[nH]c2ccc(I)cc12. The van der Waals surface area contributed by atoms with Crippen LogP contribution in [-0.2, 0) is 0 Å². The van der Waals surface area contributed by atoms with Crippen molar-refractivity contribution in [1.82, 2.24) is 4.98 Å². The molecule has 0 amide bonds. The predicted octanol–water partition coefficient (Wildman–Crippen LogP) is 2.48. The van der Waals surface area contributed by atoms with E-state index in [1.165, 1.54) is 0 Å². The Kier molecular flexibility index (Phi) is 1.52. The molecular formula is C8H6INO. The van der Waals surface area contributed by atoms with Gasteiger partial charge in [-0.2, -0.15) is 0 Å². The molecule has 0 spiro atoms. The van der Waals surface area contributed by atoms with Gasteiger partial charge in [0.15, 0.2) is 0 Å². The Labute approximate surface area is 77.4 Å². The Morgan fingerprint density at radius 2 is 2.18 bits per heavy atom. The van der Waals surface area contributed by atoms with Crippen LogP contribution in [0.15, 0.2) is 24.4 Å². The summed E-state index contributed by atoms with van der Waals surface area (Å²) in [7, 11) is 0. The zero-order chi connectivity index (χ0) is 7.84. The molecule has 0 unspecified atom stereocenters. The maximum atomic E-state index is 9.30. The van der Waals surface area contributed by atoms with Gasteiger partial charge in [-0.1, -0.05) is 0 Å². The summed E-state index contributed by atoms with van der Waals surface area (Å²) < 4.78 is 1.13. The molecule has 3 heteroatoms. The standard InChI is InChI=1S/C8H6INO/c9-5-1-2-7-6(3-5)8(11)4-10-7/h1-4,10-11H. The molecule has 0 radical (unpaired) electrons. The molecule has 0 saturated heterocycles. The second-order valence-corrected chi connectivity index (χ2v) is 3.61. The van der Waals surface area contributed by atoms with Crippen LogP contribution in [0.5, 0.6) is 5.75 Å². The highest BCUT2D eigenvalue weighted by atomic mass is 127. The third-order valence-corrected chi connectivity index (χ3v) is 2.29. The van der Waals surface area contributed by atoms with E-state index in [1.807, 2.05) is 18.2 Å². The van der Waals surface area contributed by atoms with Crippen LogP contribution in [0.1, 0.15) is 0 Å². The lowest BCUT2D eigenvalue weighted by molar-refractivity contribution is 0.481. The Morgan fingerprint density at radius 1 is 1.36 bits per heavy atom. The van der Waals surface area contributed by atoms with Crippen molar-refractivity contribution < 1.29 is 5.11 Å². The highest BCUT2D eigenvalue weighted by Crippen LogP contribution is 2.25. The van der Waals surface area contributed by atoms with Crippen LogP contribution >= 0.6 is 22.6 Å². The van der Waals surface area contributed by atoms with Crippen LogP contribution in [0.4, 0.5) is 0 Å². The Balaban J connectivity index is 2.87. The number of H-pyrrole nitrogens is 1. The van der Waals surface area contributed by atoms with Gasteiger partial charge >= 0.3 is 0 Å². The Bertz CT molecular complexity index is 394. The van der Waals surface area contributed by atoms with Crippen LogP contribution in [0, 0.1) is 3.57 Å². The molecule has 1 aromatic heterocycles. The number of benzene rings is 1. The number of fused-ring (bicyclic) bond motifs is 1. The van der Waals surface area contributed by atoms with Gasteiger partial charge in [-0.25, -0.2) is 0 Å². The van der Waals surface area contributed by atoms with E-state index < -0.39 is 0 Å². The van der Waals surface area contributed by atoms with Gasteiger partial charge in [-0.15, -0.1) is 0 Å². The first-order chi connectivity index (χ1) is 5.27. The predicted molar refractivity (Wildman–Crippen MR) is 52.7 cm³/mol.